The average Bonchev–Trinajstić information content (AvgIpc) is 3.16. The number of pyridine rings is 1. The van der Waals surface area contributed by atoms with E-state index in [0.29, 0.717) is 36.4 Å². The monoisotopic (exact) mass is 742 g/mol. The summed E-state index contributed by atoms with van der Waals surface area (Å²) in [5, 5.41) is 17.4. The van der Waals surface area contributed by atoms with Gasteiger partial charge in [-0.3, -0.25) is 19.2 Å². The molecule has 1 saturated heterocycles. The number of carbonyl (C=O) groups excluding carboxylic acids is 4. The van der Waals surface area contributed by atoms with Gasteiger partial charge in [0.2, 0.25) is 23.2 Å². The van der Waals surface area contributed by atoms with Gasteiger partial charge in [-0.1, -0.05) is 42.5 Å². The van der Waals surface area contributed by atoms with Crippen molar-refractivity contribution in [2.75, 3.05) is 42.9 Å². The fraction of sp³-hybridized carbons (Fsp3) is 0.333. The van der Waals surface area contributed by atoms with E-state index in [9.17, 15) is 33.9 Å². The van der Waals surface area contributed by atoms with Crippen LogP contribution in [0.3, 0.4) is 0 Å². The molecule has 0 bridgehead atoms. The van der Waals surface area contributed by atoms with Gasteiger partial charge in [0, 0.05) is 50.0 Å². The Bertz CT molecular complexity index is 2110. The Hall–Kier alpha value is -6.25. The molecule has 5 rings (SSSR count). The maximum atomic E-state index is 15.2. The first-order valence-electron chi connectivity index (χ1n) is 17.5. The van der Waals surface area contributed by atoms with Gasteiger partial charge in [-0.05, 0) is 63.1 Å². The number of aryl methyl sites for hydroxylation is 1. The number of anilines is 2. The number of carboxylic acids is 1. The third-order valence-electron chi connectivity index (χ3n) is 9.39. The van der Waals surface area contributed by atoms with Crippen LogP contribution in [0, 0.1) is 11.2 Å². The summed E-state index contributed by atoms with van der Waals surface area (Å²) in [7, 11) is 0. The lowest BCUT2D eigenvalue weighted by molar-refractivity contribution is -0.142. The van der Waals surface area contributed by atoms with E-state index in [2.05, 4.69) is 16.0 Å². The first-order valence-corrected chi connectivity index (χ1v) is 17.5. The standard InChI is InChI=1S/C39H43FN6O8/c1-5-44-22-29(35(49)50)34(48)28-19-30(40)32(20-31(28)44)45-15-17-46(18-16-45)38(53)54-23-25-11-13-27(14-12-25)43-33(47)21-41-36(51)39(3,4)37(52)42-24(2)26-9-7-6-8-10-26/h6-14,19-20,22,24H,5,15-18,21,23H2,1-4H3,(H,41,51)(H,42,52)(H,43,47)(H,49,50). The van der Waals surface area contributed by atoms with Gasteiger partial charge >= 0.3 is 12.1 Å². The van der Waals surface area contributed by atoms with Crippen LogP contribution in [0.2, 0.25) is 0 Å². The number of fused-ring (bicyclic) bond motifs is 1. The molecule has 0 radical (unpaired) electrons. The number of aromatic carboxylic acids is 1. The Morgan fingerprint density at radius 1 is 0.944 bits per heavy atom. The zero-order chi connectivity index (χ0) is 39.2. The van der Waals surface area contributed by atoms with Crippen LogP contribution in [0.15, 0.2) is 77.7 Å². The van der Waals surface area contributed by atoms with Gasteiger partial charge < -0.3 is 40.2 Å². The van der Waals surface area contributed by atoms with Crippen molar-refractivity contribution in [3.63, 3.8) is 0 Å². The molecule has 1 atom stereocenters. The highest BCUT2D eigenvalue weighted by atomic mass is 19.1. The van der Waals surface area contributed by atoms with Crippen LogP contribution in [-0.4, -0.2) is 77.1 Å². The molecule has 0 spiro atoms. The fourth-order valence-electron chi connectivity index (χ4n) is 6.00. The highest BCUT2D eigenvalue weighted by Crippen LogP contribution is 2.27. The highest BCUT2D eigenvalue weighted by Gasteiger charge is 2.37. The zero-order valence-electron chi connectivity index (χ0n) is 30.5. The number of carbonyl (C=O) groups is 5. The molecule has 4 N–H and O–H groups in total. The number of ether oxygens (including phenoxy) is 1. The van der Waals surface area contributed by atoms with Crippen molar-refractivity contribution in [2.24, 2.45) is 5.41 Å². The molecule has 4 aromatic rings. The quantitative estimate of drug-likeness (QED) is 0.154. The number of benzene rings is 3. The Labute approximate surface area is 310 Å². The van der Waals surface area contributed by atoms with Crippen molar-refractivity contribution in [3.05, 3.63) is 106 Å². The molecule has 284 valence electrons. The topological polar surface area (TPSA) is 179 Å². The van der Waals surface area contributed by atoms with Gasteiger partial charge in [-0.2, -0.15) is 0 Å². The highest BCUT2D eigenvalue weighted by molar-refractivity contribution is 6.05. The number of amides is 4. The van der Waals surface area contributed by atoms with E-state index in [1.54, 1.807) is 40.7 Å². The lowest BCUT2D eigenvalue weighted by Crippen LogP contribution is -2.49. The Kier molecular flexibility index (Phi) is 12.0. The minimum atomic E-state index is -1.43. The fourth-order valence-corrected chi connectivity index (χ4v) is 6.00. The van der Waals surface area contributed by atoms with E-state index in [1.807, 2.05) is 37.3 Å². The SMILES string of the molecule is CCn1cc(C(=O)O)c(=O)c2cc(F)c(N3CCN(C(=O)OCc4ccc(NC(=O)CNC(=O)C(C)(C)C(=O)NC(C)c5ccccc5)cc4)CC3)cc21. The normalized spacial score (nSPS) is 13.6. The van der Waals surface area contributed by atoms with Crippen molar-refractivity contribution < 1.29 is 38.2 Å². The summed E-state index contributed by atoms with van der Waals surface area (Å²) >= 11 is 0. The van der Waals surface area contributed by atoms with Crippen molar-refractivity contribution >= 4 is 52.1 Å². The lowest BCUT2D eigenvalue weighted by atomic mass is 9.90. The lowest BCUT2D eigenvalue weighted by Gasteiger charge is -2.35. The second-order valence-electron chi connectivity index (χ2n) is 13.5. The summed E-state index contributed by atoms with van der Waals surface area (Å²) in [5.41, 5.74) is 0.0647. The maximum Gasteiger partial charge on any atom is 0.410 e. The minimum absolute atomic E-state index is 0.0177. The number of piperazine rings is 1. The molecule has 14 nitrogen and oxygen atoms in total. The van der Waals surface area contributed by atoms with Gasteiger partial charge in [-0.25, -0.2) is 14.0 Å². The number of aromatic nitrogens is 1. The van der Waals surface area contributed by atoms with E-state index >= 15 is 4.39 Å². The van der Waals surface area contributed by atoms with E-state index in [1.165, 1.54) is 31.0 Å². The molecule has 54 heavy (non-hydrogen) atoms. The van der Waals surface area contributed by atoms with Crippen molar-refractivity contribution in [2.45, 2.75) is 46.9 Å². The Balaban J connectivity index is 1.07. The van der Waals surface area contributed by atoms with Gasteiger partial charge in [-0.15, -0.1) is 0 Å². The smallest absolute Gasteiger partial charge is 0.410 e. The second kappa shape index (κ2) is 16.6. The van der Waals surface area contributed by atoms with E-state index in [0.717, 1.165) is 11.6 Å². The molecule has 0 aliphatic carbocycles. The van der Waals surface area contributed by atoms with Gasteiger partial charge in [0.05, 0.1) is 23.8 Å². The number of nitrogens with zero attached hydrogens (tertiary/aromatic N) is 3. The van der Waals surface area contributed by atoms with Crippen molar-refractivity contribution in [3.8, 4) is 0 Å². The number of rotatable bonds is 12. The summed E-state index contributed by atoms with van der Waals surface area (Å²) in [6, 6.07) is 18.3. The summed E-state index contributed by atoms with van der Waals surface area (Å²) in [4.78, 5) is 78.6. The van der Waals surface area contributed by atoms with Crippen LogP contribution in [0.5, 0.6) is 0 Å². The van der Waals surface area contributed by atoms with E-state index in [4.69, 9.17) is 4.74 Å². The van der Waals surface area contributed by atoms with Crippen LogP contribution in [0.1, 0.15) is 55.2 Å². The third-order valence-corrected chi connectivity index (χ3v) is 9.39. The number of hydrogen-bond acceptors (Lipinski definition) is 8. The van der Waals surface area contributed by atoms with Crippen LogP contribution >= 0.6 is 0 Å². The molecule has 1 unspecified atom stereocenters. The Morgan fingerprint density at radius 3 is 2.24 bits per heavy atom. The van der Waals surface area contributed by atoms with Crippen LogP contribution in [0.4, 0.5) is 20.6 Å². The average molecular weight is 743 g/mol. The molecule has 3 aromatic carbocycles. The van der Waals surface area contributed by atoms with Crippen molar-refractivity contribution in [1.82, 2.24) is 20.1 Å². The molecule has 1 fully saturated rings. The van der Waals surface area contributed by atoms with Crippen molar-refractivity contribution in [1.29, 1.82) is 0 Å². The first kappa shape index (κ1) is 39.0. The Morgan fingerprint density at radius 2 is 1.61 bits per heavy atom. The predicted octanol–water partition coefficient (Wildman–Crippen LogP) is 4.28. The van der Waals surface area contributed by atoms with Crippen LogP contribution in [-0.2, 0) is 32.3 Å². The van der Waals surface area contributed by atoms with Gasteiger partial charge in [0.25, 0.3) is 0 Å². The predicted molar refractivity (Wildman–Crippen MR) is 200 cm³/mol. The summed E-state index contributed by atoms with van der Waals surface area (Å²) < 4.78 is 22.3. The molecule has 1 aliphatic heterocycles. The molecule has 2 heterocycles. The zero-order valence-corrected chi connectivity index (χ0v) is 30.5. The molecule has 1 aromatic heterocycles. The van der Waals surface area contributed by atoms with E-state index in [-0.39, 0.29) is 43.4 Å². The van der Waals surface area contributed by atoms with Crippen LogP contribution in [0.25, 0.3) is 10.9 Å². The van der Waals surface area contributed by atoms with E-state index < -0.39 is 52.0 Å². The first-order chi connectivity index (χ1) is 25.7. The number of halogens is 1. The largest absolute Gasteiger partial charge is 0.477 e. The third kappa shape index (κ3) is 8.85. The van der Waals surface area contributed by atoms with Gasteiger partial charge in [0.1, 0.15) is 23.4 Å². The van der Waals surface area contributed by atoms with Crippen LogP contribution < -0.4 is 26.3 Å². The number of nitrogens with one attached hydrogen (secondary N) is 3. The minimum Gasteiger partial charge on any atom is -0.477 e. The molecular formula is C39H43FN6O8. The molecular weight excluding hydrogens is 699 g/mol. The number of carboxylic acid groups (broad SMARTS) is 1. The van der Waals surface area contributed by atoms with Gasteiger partial charge in [0.15, 0.2) is 0 Å². The summed E-state index contributed by atoms with van der Waals surface area (Å²) in [6.07, 6.45) is 0.711. The maximum absolute atomic E-state index is 15.2. The number of hydrogen-bond donors (Lipinski definition) is 4. The second-order valence-corrected chi connectivity index (χ2v) is 13.5. The molecule has 15 heteroatoms. The summed E-state index contributed by atoms with van der Waals surface area (Å²) in [6.45, 7) is 7.68. The summed E-state index contributed by atoms with van der Waals surface area (Å²) in [5.74, 6) is -3.61. The molecule has 0 saturated carbocycles. The molecule has 1 aliphatic rings. The molecule has 4 amide bonds.